The molecule has 0 aromatic carbocycles. The van der Waals surface area contributed by atoms with Gasteiger partial charge in [0.05, 0.1) is 6.10 Å². The number of hydrogen-bond donors (Lipinski definition) is 1. The second-order valence-electron chi connectivity index (χ2n) is 2.34. The summed E-state index contributed by atoms with van der Waals surface area (Å²) in [5, 5.41) is 8.98. The molecule has 1 fully saturated rings. The first-order valence-electron chi connectivity index (χ1n) is 3.17. The maximum Gasteiger partial charge on any atom is 0.298 e. The number of terminal acetylenes is 1. The summed E-state index contributed by atoms with van der Waals surface area (Å²) in [5.41, 5.74) is 0. The lowest BCUT2D eigenvalue weighted by atomic mass is 10.3. The van der Waals surface area contributed by atoms with Crippen molar-refractivity contribution in [1.29, 1.82) is 0 Å². The molecule has 0 aromatic heterocycles. The molecule has 10 heavy (non-hydrogen) atoms. The summed E-state index contributed by atoms with van der Waals surface area (Å²) in [4.78, 5) is 12.2. The van der Waals surface area contributed by atoms with Crippen LogP contribution in [0.5, 0.6) is 0 Å². The number of carbonyl (C=O) groups excluding carboxylic acids is 1. The number of amides is 1. The molecule has 0 aliphatic carbocycles. The minimum absolute atomic E-state index is 0.323. The van der Waals surface area contributed by atoms with Gasteiger partial charge in [0.1, 0.15) is 0 Å². The zero-order chi connectivity index (χ0) is 7.56. The molecule has 1 N–H and O–H groups in total. The van der Waals surface area contributed by atoms with E-state index >= 15 is 0 Å². The summed E-state index contributed by atoms with van der Waals surface area (Å²) >= 11 is 0. The molecule has 1 atom stereocenters. The standard InChI is InChI=1S/C7H9NO2/c1-2-7(10)8-4-3-6(9)5-8/h1,6,9H,3-5H2/t6-/m0/s1. The van der Waals surface area contributed by atoms with E-state index in [1.54, 1.807) is 0 Å². The average molecular weight is 139 g/mol. The molecule has 0 bridgehead atoms. The lowest BCUT2D eigenvalue weighted by Crippen LogP contribution is -2.27. The zero-order valence-corrected chi connectivity index (χ0v) is 5.58. The molecule has 1 saturated heterocycles. The molecule has 1 aliphatic rings. The summed E-state index contributed by atoms with van der Waals surface area (Å²) in [6, 6.07) is 0. The molecule has 0 saturated carbocycles. The van der Waals surface area contributed by atoms with E-state index in [-0.39, 0.29) is 12.0 Å². The van der Waals surface area contributed by atoms with Gasteiger partial charge in [-0.3, -0.25) is 4.79 Å². The summed E-state index contributed by atoms with van der Waals surface area (Å²) in [7, 11) is 0. The molecule has 0 radical (unpaired) electrons. The van der Waals surface area contributed by atoms with E-state index in [0.29, 0.717) is 19.5 Å². The number of rotatable bonds is 0. The van der Waals surface area contributed by atoms with Crippen molar-refractivity contribution in [2.75, 3.05) is 13.1 Å². The van der Waals surface area contributed by atoms with Gasteiger partial charge in [-0.25, -0.2) is 0 Å². The molecule has 0 unspecified atom stereocenters. The number of aliphatic hydroxyl groups is 1. The fraction of sp³-hybridized carbons (Fsp3) is 0.571. The van der Waals surface area contributed by atoms with Gasteiger partial charge in [0.25, 0.3) is 5.91 Å². The Bertz CT molecular complexity index is 183. The van der Waals surface area contributed by atoms with Crippen LogP contribution in [0.15, 0.2) is 0 Å². The topological polar surface area (TPSA) is 40.5 Å². The quantitative estimate of drug-likeness (QED) is 0.447. The van der Waals surface area contributed by atoms with Crippen LogP contribution in [-0.4, -0.2) is 35.1 Å². The van der Waals surface area contributed by atoms with E-state index in [4.69, 9.17) is 11.5 Å². The van der Waals surface area contributed by atoms with Gasteiger partial charge in [0.2, 0.25) is 0 Å². The highest BCUT2D eigenvalue weighted by molar-refractivity contribution is 5.93. The second kappa shape index (κ2) is 2.72. The van der Waals surface area contributed by atoms with Gasteiger partial charge in [0.15, 0.2) is 0 Å². The van der Waals surface area contributed by atoms with Crippen LogP contribution in [0.4, 0.5) is 0 Å². The van der Waals surface area contributed by atoms with E-state index in [0.717, 1.165) is 0 Å². The second-order valence-corrected chi connectivity index (χ2v) is 2.34. The van der Waals surface area contributed by atoms with E-state index in [2.05, 4.69) is 0 Å². The van der Waals surface area contributed by atoms with Crippen LogP contribution in [0.1, 0.15) is 6.42 Å². The van der Waals surface area contributed by atoms with E-state index in [9.17, 15) is 4.79 Å². The average Bonchev–Trinajstić information content (AvgIpc) is 2.34. The van der Waals surface area contributed by atoms with Crippen LogP contribution >= 0.6 is 0 Å². The fourth-order valence-electron chi connectivity index (χ4n) is 1.02. The molecule has 54 valence electrons. The number of β-amino-alcohol motifs (C(OH)–C–C–N with tert-alkyl or cyclic N) is 1. The Hall–Kier alpha value is -1.01. The van der Waals surface area contributed by atoms with E-state index in [1.165, 1.54) is 4.90 Å². The van der Waals surface area contributed by atoms with Crippen LogP contribution in [0.3, 0.4) is 0 Å². The van der Waals surface area contributed by atoms with Gasteiger partial charge in [-0.15, -0.1) is 6.42 Å². The molecule has 3 nitrogen and oxygen atoms in total. The maximum absolute atomic E-state index is 10.7. The number of carbonyl (C=O) groups is 1. The Balaban J connectivity index is 2.47. The highest BCUT2D eigenvalue weighted by Crippen LogP contribution is 2.07. The van der Waals surface area contributed by atoms with E-state index < -0.39 is 0 Å². The van der Waals surface area contributed by atoms with Crippen molar-refractivity contribution in [3.8, 4) is 12.3 Å². The van der Waals surface area contributed by atoms with Gasteiger partial charge in [-0.1, -0.05) is 0 Å². The van der Waals surface area contributed by atoms with Crippen molar-refractivity contribution in [2.24, 2.45) is 0 Å². The Morgan fingerprint density at radius 2 is 2.50 bits per heavy atom. The Labute approximate surface area is 59.6 Å². The molecule has 0 aromatic rings. The van der Waals surface area contributed by atoms with Crippen LogP contribution in [0.25, 0.3) is 0 Å². The SMILES string of the molecule is C#CC(=O)N1CC[C@H](O)C1. The summed E-state index contributed by atoms with van der Waals surface area (Å²) in [6.45, 7) is 0.979. The van der Waals surface area contributed by atoms with Crippen molar-refractivity contribution in [2.45, 2.75) is 12.5 Å². The van der Waals surface area contributed by atoms with Crippen LogP contribution < -0.4 is 0 Å². The highest BCUT2D eigenvalue weighted by Gasteiger charge is 2.22. The Morgan fingerprint density at radius 1 is 1.80 bits per heavy atom. The first-order chi connectivity index (χ1) is 4.74. The molecule has 3 heteroatoms. The van der Waals surface area contributed by atoms with Gasteiger partial charge < -0.3 is 10.0 Å². The van der Waals surface area contributed by atoms with Gasteiger partial charge >= 0.3 is 0 Å². The van der Waals surface area contributed by atoms with Crippen molar-refractivity contribution in [3.63, 3.8) is 0 Å². The monoisotopic (exact) mass is 139 g/mol. The number of nitrogens with zero attached hydrogens (tertiary/aromatic N) is 1. The molecule has 1 aliphatic heterocycles. The lowest BCUT2D eigenvalue weighted by Gasteiger charge is -2.09. The zero-order valence-electron chi connectivity index (χ0n) is 5.58. The predicted molar refractivity (Wildman–Crippen MR) is 36.0 cm³/mol. The molecule has 0 spiro atoms. The number of likely N-dealkylation sites (tertiary alicyclic amines) is 1. The smallest absolute Gasteiger partial charge is 0.298 e. The predicted octanol–water partition coefficient (Wildman–Crippen LogP) is -0.787. The fourth-order valence-corrected chi connectivity index (χ4v) is 1.02. The first kappa shape index (κ1) is 7.10. The van der Waals surface area contributed by atoms with Crippen molar-refractivity contribution in [1.82, 2.24) is 4.90 Å². The number of hydrogen-bond acceptors (Lipinski definition) is 2. The highest BCUT2D eigenvalue weighted by atomic mass is 16.3. The van der Waals surface area contributed by atoms with Gasteiger partial charge in [-0.05, 0) is 12.3 Å². The molecular weight excluding hydrogens is 130 g/mol. The summed E-state index contributed by atoms with van der Waals surface area (Å²) in [6.07, 6.45) is 5.14. The summed E-state index contributed by atoms with van der Waals surface area (Å²) in [5.74, 6) is 1.68. The third-order valence-corrected chi connectivity index (χ3v) is 1.57. The van der Waals surface area contributed by atoms with Crippen molar-refractivity contribution < 1.29 is 9.90 Å². The lowest BCUT2D eigenvalue weighted by molar-refractivity contribution is -0.124. The summed E-state index contributed by atoms with van der Waals surface area (Å²) < 4.78 is 0. The van der Waals surface area contributed by atoms with Crippen LogP contribution in [-0.2, 0) is 4.79 Å². The first-order valence-corrected chi connectivity index (χ1v) is 3.17. The third-order valence-electron chi connectivity index (χ3n) is 1.57. The third kappa shape index (κ3) is 1.28. The minimum atomic E-state index is -0.378. The normalized spacial score (nSPS) is 24.4. The number of aliphatic hydroxyl groups excluding tert-OH is 1. The maximum atomic E-state index is 10.7. The minimum Gasteiger partial charge on any atom is -0.391 e. The van der Waals surface area contributed by atoms with Crippen LogP contribution in [0, 0.1) is 12.3 Å². The Morgan fingerprint density at radius 3 is 2.90 bits per heavy atom. The molecule has 1 amide bonds. The molecule has 1 heterocycles. The molecular formula is C7H9NO2. The molecule has 1 rings (SSSR count). The van der Waals surface area contributed by atoms with E-state index in [1.807, 2.05) is 5.92 Å². The van der Waals surface area contributed by atoms with Crippen molar-refractivity contribution in [3.05, 3.63) is 0 Å². The van der Waals surface area contributed by atoms with Crippen LogP contribution in [0.2, 0.25) is 0 Å². The largest absolute Gasteiger partial charge is 0.391 e. The Kier molecular flexibility index (Phi) is 1.93. The van der Waals surface area contributed by atoms with Gasteiger partial charge in [-0.2, -0.15) is 0 Å². The van der Waals surface area contributed by atoms with Gasteiger partial charge in [0, 0.05) is 13.1 Å². The van der Waals surface area contributed by atoms with Crippen molar-refractivity contribution >= 4 is 5.91 Å².